The molecule has 1 aromatic carbocycles. The van der Waals surface area contributed by atoms with E-state index >= 15 is 0 Å². The van der Waals surface area contributed by atoms with Gasteiger partial charge in [0.05, 0.1) is 13.7 Å². The molecule has 3 heteroatoms. The van der Waals surface area contributed by atoms with Gasteiger partial charge in [0.2, 0.25) is 0 Å². The second kappa shape index (κ2) is 6.76. The van der Waals surface area contributed by atoms with Crippen LogP contribution in [0.25, 0.3) is 0 Å². The first-order valence-corrected chi connectivity index (χ1v) is 6.82. The van der Waals surface area contributed by atoms with E-state index < -0.39 is 0 Å². The van der Waals surface area contributed by atoms with Crippen LogP contribution < -0.4 is 10.1 Å². The minimum Gasteiger partial charge on any atom is -0.496 e. The minimum atomic E-state index is 0.113. The Bertz CT molecular complexity index is 361. The summed E-state index contributed by atoms with van der Waals surface area (Å²) in [5.41, 5.74) is 1.09. The van der Waals surface area contributed by atoms with Gasteiger partial charge in [0.15, 0.2) is 0 Å². The van der Waals surface area contributed by atoms with E-state index in [9.17, 15) is 5.11 Å². The lowest BCUT2D eigenvalue weighted by Gasteiger charge is -2.20. The first-order valence-electron chi connectivity index (χ1n) is 6.82. The SMILES string of the molecule is COc1ccccc1C(CO)CNC1CCCC1. The van der Waals surface area contributed by atoms with Crippen molar-refractivity contribution in [3.05, 3.63) is 29.8 Å². The molecule has 0 aliphatic heterocycles. The van der Waals surface area contributed by atoms with Crippen molar-refractivity contribution in [3.63, 3.8) is 0 Å². The average molecular weight is 249 g/mol. The van der Waals surface area contributed by atoms with Crippen LogP contribution in [0, 0.1) is 0 Å². The van der Waals surface area contributed by atoms with Gasteiger partial charge < -0.3 is 15.2 Å². The van der Waals surface area contributed by atoms with Crippen molar-refractivity contribution in [1.29, 1.82) is 0 Å². The lowest BCUT2D eigenvalue weighted by molar-refractivity contribution is 0.255. The van der Waals surface area contributed by atoms with E-state index in [-0.39, 0.29) is 12.5 Å². The van der Waals surface area contributed by atoms with E-state index in [4.69, 9.17) is 4.74 Å². The maximum atomic E-state index is 9.58. The van der Waals surface area contributed by atoms with Crippen LogP contribution >= 0.6 is 0 Å². The summed E-state index contributed by atoms with van der Waals surface area (Å²) < 4.78 is 5.36. The Balaban J connectivity index is 1.98. The van der Waals surface area contributed by atoms with Crippen molar-refractivity contribution in [2.75, 3.05) is 20.3 Å². The van der Waals surface area contributed by atoms with Gasteiger partial charge in [-0.15, -0.1) is 0 Å². The summed E-state index contributed by atoms with van der Waals surface area (Å²) in [5.74, 6) is 0.978. The van der Waals surface area contributed by atoms with E-state index in [1.165, 1.54) is 25.7 Å². The molecule has 2 N–H and O–H groups in total. The summed E-state index contributed by atoms with van der Waals surface area (Å²) >= 11 is 0. The molecule has 1 atom stereocenters. The lowest BCUT2D eigenvalue weighted by Crippen LogP contribution is -2.31. The van der Waals surface area contributed by atoms with E-state index in [0.717, 1.165) is 17.9 Å². The standard InChI is InChI=1S/C15H23NO2/c1-18-15-9-5-4-8-14(15)12(11-17)10-16-13-6-2-3-7-13/h4-5,8-9,12-13,16-17H,2-3,6-7,10-11H2,1H3. The molecule has 0 aromatic heterocycles. The molecule has 1 aromatic rings. The highest BCUT2D eigenvalue weighted by Crippen LogP contribution is 2.26. The Morgan fingerprint density at radius 1 is 1.33 bits per heavy atom. The van der Waals surface area contributed by atoms with Crippen LogP contribution in [0.3, 0.4) is 0 Å². The molecule has 0 spiro atoms. The van der Waals surface area contributed by atoms with Gasteiger partial charge in [-0.05, 0) is 18.9 Å². The largest absolute Gasteiger partial charge is 0.496 e. The highest BCUT2D eigenvalue weighted by atomic mass is 16.5. The Labute approximate surface area is 109 Å². The fraction of sp³-hybridized carbons (Fsp3) is 0.600. The third-order valence-electron chi connectivity index (χ3n) is 3.81. The summed E-state index contributed by atoms with van der Waals surface area (Å²) in [4.78, 5) is 0. The van der Waals surface area contributed by atoms with Crippen LogP contribution in [-0.4, -0.2) is 31.4 Å². The first-order chi connectivity index (χ1) is 8.85. The lowest BCUT2D eigenvalue weighted by atomic mass is 9.98. The second-order valence-electron chi connectivity index (χ2n) is 5.01. The monoisotopic (exact) mass is 249 g/mol. The molecule has 0 saturated heterocycles. The fourth-order valence-corrected chi connectivity index (χ4v) is 2.72. The van der Waals surface area contributed by atoms with Crippen molar-refractivity contribution in [2.24, 2.45) is 0 Å². The number of benzene rings is 1. The number of nitrogens with one attached hydrogen (secondary N) is 1. The third kappa shape index (κ3) is 3.24. The number of aliphatic hydroxyl groups excluding tert-OH is 1. The topological polar surface area (TPSA) is 41.5 Å². The van der Waals surface area contributed by atoms with Crippen molar-refractivity contribution >= 4 is 0 Å². The zero-order valence-corrected chi connectivity index (χ0v) is 11.1. The van der Waals surface area contributed by atoms with Crippen LogP contribution in [0.15, 0.2) is 24.3 Å². The van der Waals surface area contributed by atoms with Gasteiger partial charge in [-0.25, -0.2) is 0 Å². The van der Waals surface area contributed by atoms with Gasteiger partial charge in [-0.2, -0.15) is 0 Å². The van der Waals surface area contributed by atoms with Crippen LogP contribution in [-0.2, 0) is 0 Å². The summed E-state index contributed by atoms with van der Waals surface area (Å²) in [7, 11) is 1.68. The molecule has 1 saturated carbocycles. The van der Waals surface area contributed by atoms with E-state index in [0.29, 0.717) is 6.04 Å². The number of para-hydroxylation sites is 1. The first kappa shape index (κ1) is 13.4. The summed E-state index contributed by atoms with van der Waals surface area (Å²) in [6.07, 6.45) is 5.19. The molecule has 0 bridgehead atoms. The number of ether oxygens (including phenoxy) is 1. The predicted octanol–water partition coefficient (Wildman–Crippen LogP) is 2.30. The Morgan fingerprint density at radius 3 is 2.72 bits per heavy atom. The smallest absolute Gasteiger partial charge is 0.122 e. The van der Waals surface area contributed by atoms with Gasteiger partial charge in [-0.1, -0.05) is 31.0 Å². The van der Waals surface area contributed by atoms with E-state index in [1.54, 1.807) is 7.11 Å². The maximum absolute atomic E-state index is 9.58. The molecular weight excluding hydrogens is 226 g/mol. The number of hydrogen-bond acceptors (Lipinski definition) is 3. The molecule has 18 heavy (non-hydrogen) atoms. The van der Waals surface area contributed by atoms with Crippen LogP contribution in [0.2, 0.25) is 0 Å². The molecule has 3 nitrogen and oxygen atoms in total. The Morgan fingerprint density at radius 2 is 2.06 bits per heavy atom. The molecule has 2 rings (SSSR count). The number of methoxy groups -OCH3 is 1. The normalized spacial score (nSPS) is 17.9. The van der Waals surface area contributed by atoms with Crippen molar-refractivity contribution in [3.8, 4) is 5.75 Å². The molecule has 1 unspecified atom stereocenters. The van der Waals surface area contributed by atoms with Gasteiger partial charge >= 0.3 is 0 Å². The summed E-state index contributed by atoms with van der Waals surface area (Å²) in [6, 6.07) is 8.58. The van der Waals surface area contributed by atoms with Crippen molar-refractivity contribution in [1.82, 2.24) is 5.32 Å². The maximum Gasteiger partial charge on any atom is 0.122 e. The van der Waals surface area contributed by atoms with Crippen molar-refractivity contribution < 1.29 is 9.84 Å². The highest BCUT2D eigenvalue weighted by molar-refractivity contribution is 5.36. The molecule has 1 fully saturated rings. The Kier molecular flexibility index (Phi) is 5.02. The van der Waals surface area contributed by atoms with E-state index in [1.807, 2.05) is 24.3 Å². The molecular formula is C15H23NO2. The molecule has 0 amide bonds. The summed E-state index contributed by atoms with van der Waals surface area (Å²) in [5, 5.41) is 13.1. The number of rotatable bonds is 6. The minimum absolute atomic E-state index is 0.113. The number of aliphatic hydroxyl groups is 1. The van der Waals surface area contributed by atoms with Gasteiger partial charge in [-0.3, -0.25) is 0 Å². The second-order valence-corrected chi connectivity index (χ2v) is 5.01. The van der Waals surface area contributed by atoms with E-state index in [2.05, 4.69) is 5.32 Å². The zero-order chi connectivity index (χ0) is 12.8. The molecule has 0 radical (unpaired) electrons. The molecule has 0 heterocycles. The number of hydrogen-bond donors (Lipinski definition) is 2. The van der Waals surface area contributed by atoms with Crippen LogP contribution in [0.4, 0.5) is 0 Å². The molecule has 1 aliphatic rings. The molecule has 100 valence electrons. The predicted molar refractivity (Wildman–Crippen MR) is 73.1 cm³/mol. The highest BCUT2D eigenvalue weighted by Gasteiger charge is 2.19. The third-order valence-corrected chi connectivity index (χ3v) is 3.81. The van der Waals surface area contributed by atoms with Crippen molar-refractivity contribution in [2.45, 2.75) is 37.6 Å². The molecule has 1 aliphatic carbocycles. The fourth-order valence-electron chi connectivity index (χ4n) is 2.72. The average Bonchev–Trinajstić information content (AvgIpc) is 2.93. The van der Waals surface area contributed by atoms with Crippen LogP contribution in [0.5, 0.6) is 5.75 Å². The van der Waals surface area contributed by atoms with Gasteiger partial charge in [0, 0.05) is 24.1 Å². The van der Waals surface area contributed by atoms with Gasteiger partial charge in [0.25, 0.3) is 0 Å². The summed E-state index contributed by atoms with van der Waals surface area (Å²) in [6.45, 7) is 0.974. The van der Waals surface area contributed by atoms with Gasteiger partial charge in [0.1, 0.15) is 5.75 Å². The quantitative estimate of drug-likeness (QED) is 0.813. The zero-order valence-electron chi connectivity index (χ0n) is 11.1. The van der Waals surface area contributed by atoms with Crippen LogP contribution in [0.1, 0.15) is 37.2 Å². The Hall–Kier alpha value is -1.06.